The Bertz CT molecular complexity index is 1350. The van der Waals surface area contributed by atoms with Crippen molar-refractivity contribution in [2.45, 2.75) is 56.1 Å². The summed E-state index contributed by atoms with van der Waals surface area (Å²) >= 11 is 6.29. The van der Waals surface area contributed by atoms with Crippen LogP contribution in [-0.2, 0) is 27.8 Å². The summed E-state index contributed by atoms with van der Waals surface area (Å²) in [7, 11) is -2.41. The Morgan fingerprint density at radius 2 is 2.02 bits per heavy atom. The average molecular weight is 602 g/mol. The lowest BCUT2D eigenvalue weighted by Crippen LogP contribution is -2.43. The molecule has 10 heteroatoms. The van der Waals surface area contributed by atoms with Crippen LogP contribution < -0.4 is 19.7 Å². The minimum Gasteiger partial charge on any atom is -0.487 e. The third kappa shape index (κ3) is 7.84. The number of carbonyl (C=O) groups excluding carboxylic acids is 1. The number of fused-ring (bicyclic) bond motifs is 2. The van der Waals surface area contributed by atoms with E-state index in [1.807, 2.05) is 24.3 Å². The monoisotopic (exact) mass is 601 g/mol. The highest BCUT2D eigenvalue weighted by Crippen LogP contribution is 2.41. The molecule has 1 aliphatic carbocycles. The summed E-state index contributed by atoms with van der Waals surface area (Å²) in [5.74, 6) is 1.30. The minimum atomic E-state index is -4.12. The van der Waals surface area contributed by atoms with Gasteiger partial charge in [0, 0.05) is 31.8 Å². The Kier molecular flexibility index (Phi) is 10.8. The van der Waals surface area contributed by atoms with E-state index in [0.717, 1.165) is 56.3 Å². The van der Waals surface area contributed by atoms with Gasteiger partial charge in [-0.25, -0.2) is 17.9 Å². The largest absolute Gasteiger partial charge is 0.487 e. The van der Waals surface area contributed by atoms with Gasteiger partial charge in [0.2, 0.25) is 0 Å². The molecule has 0 radical (unpaired) electrons. The molecule has 3 atom stereocenters. The first-order chi connectivity index (χ1) is 19.7. The van der Waals surface area contributed by atoms with Crippen molar-refractivity contribution >= 4 is 33.3 Å². The number of sulfonamides is 1. The molecule has 0 unspecified atom stereocenters. The van der Waals surface area contributed by atoms with Gasteiger partial charge in [0.1, 0.15) is 12.4 Å². The van der Waals surface area contributed by atoms with Gasteiger partial charge in [0.15, 0.2) is 0 Å². The number of hydrogen-bond acceptors (Lipinski definition) is 6. The summed E-state index contributed by atoms with van der Waals surface area (Å²) in [4.78, 5) is 14.5. The van der Waals surface area contributed by atoms with Crippen LogP contribution in [0.1, 0.15) is 43.2 Å². The van der Waals surface area contributed by atoms with Crippen molar-refractivity contribution in [3.8, 4) is 5.75 Å². The first-order valence-electron chi connectivity index (χ1n) is 14.1. The zero-order chi connectivity index (χ0) is 29.4. The van der Waals surface area contributed by atoms with Crippen molar-refractivity contribution in [2.75, 3.05) is 31.6 Å². The van der Waals surface area contributed by atoms with Gasteiger partial charge in [-0.3, -0.25) is 0 Å². The molecule has 2 aromatic rings. The molecule has 8 nitrogen and oxygen atoms in total. The van der Waals surface area contributed by atoms with E-state index in [4.69, 9.17) is 21.1 Å². The van der Waals surface area contributed by atoms with Gasteiger partial charge in [-0.15, -0.1) is 13.2 Å². The molecule has 2 aliphatic rings. The topological polar surface area (TPSA) is 97.0 Å². The third-order valence-corrected chi connectivity index (χ3v) is 9.54. The van der Waals surface area contributed by atoms with Gasteiger partial charge in [-0.05, 0) is 91.8 Å². The lowest BCUT2D eigenvalue weighted by atomic mass is 9.70. The molecule has 2 aromatic carbocycles. The van der Waals surface area contributed by atoms with E-state index in [9.17, 15) is 13.2 Å². The van der Waals surface area contributed by atoms with Crippen LogP contribution in [0.5, 0.6) is 5.75 Å². The maximum atomic E-state index is 13.2. The zero-order valence-corrected chi connectivity index (χ0v) is 25.2. The van der Waals surface area contributed by atoms with Crippen LogP contribution in [0, 0.1) is 11.8 Å². The van der Waals surface area contributed by atoms with Crippen LogP contribution in [0.15, 0.2) is 66.6 Å². The number of halogens is 1. The molecule has 0 saturated heterocycles. The molecule has 1 fully saturated rings. The molecule has 2 amide bonds. The highest BCUT2D eigenvalue weighted by atomic mass is 35.5. The first kappa shape index (κ1) is 30.9. The lowest BCUT2D eigenvalue weighted by Gasteiger charge is -2.43. The maximum absolute atomic E-state index is 13.2. The minimum absolute atomic E-state index is 0.00297. The number of aryl methyl sites for hydroxylation is 1. The van der Waals surface area contributed by atoms with Crippen LogP contribution in [0.2, 0.25) is 5.02 Å². The van der Waals surface area contributed by atoms with E-state index in [2.05, 4.69) is 28.1 Å². The van der Waals surface area contributed by atoms with Crippen LogP contribution in [0.4, 0.5) is 10.5 Å². The van der Waals surface area contributed by atoms with Gasteiger partial charge < -0.3 is 19.7 Å². The molecule has 1 saturated carbocycles. The number of hydrogen-bond donors (Lipinski definition) is 2. The number of urea groups is 1. The smallest absolute Gasteiger partial charge is 0.328 e. The van der Waals surface area contributed by atoms with E-state index in [1.54, 1.807) is 25.3 Å². The van der Waals surface area contributed by atoms with E-state index in [0.29, 0.717) is 47.9 Å². The predicted octanol–water partition coefficient (Wildman–Crippen LogP) is 5.85. The Morgan fingerprint density at radius 1 is 1.20 bits per heavy atom. The normalized spacial score (nSPS) is 19.7. The molecule has 222 valence electrons. The second-order valence-corrected chi connectivity index (χ2v) is 12.7. The average Bonchev–Trinajstić information content (AvgIpc) is 2.96. The summed E-state index contributed by atoms with van der Waals surface area (Å²) in [6.45, 7) is 9.62. The summed E-state index contributed by atoms with van der Waals surface area (Å²) in [6.07, 6.45) is 8.86. The highest BCUT2D eigenvalue weighted by molar-refractivity contribution is 7.90. The molecular weight excluding hydrogens is 562 g/mol. The number of nitrogens with zero attached hydrogens (tertiary/aromatic N) is 1. The number of amides is 2. The van der Waals surface area contributed by atoms with Crippen LogP contribution >= 0.6 is 11.6 Å². The Balaban J connectivity index is 1.66. The van der Waals surface area contributed by atoms with Gasteiger partial charge in [0.05, 0.1) is 16.7 Å². The van der Waals surface area contributed by atoms with E-state index in [-0.39, 0.29) is 11.0 Å². The molecule has 0 aromatic heterocycles. The molecule has 0 spiro atoms. The number of anilines is 1. The standard InChI is InChI=1S/C31H40ClN3O5S/c1-4-6-16-33-31(36)34-41(37,38)26-13-15-30-28(19-26)35(20-23-11-14-27(23)29(5-2)39-3)17-8-7-9-22-18-25(32)12-10-24(22)21-40-30/h4-5,10,12-13,15,18-19,23,27,29H,1-2,6-9,11,14,16-17,20-21H2,3H3,(H2,33,34,36)/t23-,27+,29+/m0/s1. The van der Waals surface area contributed by atoms with Crippen molar-refractivity contribution in [1.82, 2.24) is 10.0 Å². The highest BCUT2D eigenvalue weighted by Gasteiger charge is 2.37. The molecule has 2 N–H and O–H groups in total. The number of benzene rings is 2. The van der Waals surface area contributed by atoms with Crippen LogP contribution in [-0.4, -0.2) is 47.3 Å². The zero-order valence-electron chi connectivity index (χ0n) is 23.6. The number of rotatable bonds is 10. The number of nitrogens with one attached hydrogen (secondary N) is 2. The molecule has 1 aliphatic heterocycles. The molecule has 41 heavy (non-hydrogen) atoms. The van der Waals surface area contributed by atoms with Crippen LogP contribution in [0.25, 0.3) is 0 Å². The van der Waals surface area contributed by atoms with Gasteiger partial charge in [0.25, 0.3) is 10.0 Å². The summed E-state index contributed by atoms with van der Waals surface area (Å²) in [5.41, 5.74) is 2.90. The van der Waals surface area contributed by atoms with Crippen molar-refractivity contribution in [3.05, 3.63) is 77.9 Å². The fourth-order valence-electron chi connectivity index (χ4n) is 5.57. The Labute approximate surface area is 248 Å². The number of ether oxygens (including phenoxy) is 2. The molecule has 0 bridgehead atoms. The Morgan fingerprint density at radius 3 is 2.73 bits per heavy atom. The SMILES string of the molecule is C=CCCNC(=O)NS(=O)(=O)c1ccc2c(c1)N(C[C@@H]1CC[C@H]1[C@@H](C=C)OC)CCCCc1cc(Cl)ccc1CO2. The fraction of sp³-hybridized carbons (Fsp3) is 0.452. The second kappa shape index (κ2) is 14.2. The van der Waals surface area contributed by atoms with Crippen LogP contribution in [0.3, 0.4) is 0 Å². The van der Waals surface area contributed by atoms with Crippen molar-refractivity contribution in [1.29, 1.82) is 0 Å². The van der Waals surface area contributed by atoms with Gasteiger partial charge >= 0.3 is 6.03 Å². The maximum Gasteiger partial charge on any atom is 0.328 e. The molecule has 1 heterocycles. The number of methoxy groups -OCH3 is 1. The number of carbonyl (C=O) groups is 1. The summed E-state index contributed by atoms with van der Waals surface area (Å²) in [5, 5.41) is 3.23. The quantitative estimate of drug-likeness (QED) is 0.262. The molecular formula is C31H40ClN3O5S. The fourth-order valence-corrected chi connectivity index (χ4v) is 6.72. The van der Waals surface area contributed by atoms with Crippen molar-refractivity contribution < 1.29 is 22.7 Å². The summed E-state index contributed by atoms with van der Waals surface area (Å²) in [6, 6.07) is 9.84. The predicted molar refractivity (Wildman–Crippen MR) is 163 cm³/mol. The summed E-state index contributed by atoms with van der Waals surface area (Å²) < 4.78 is 40.6. The van der Waals surface area contributed by atoms with Gasteiger partial charge in [-0.1, -0.05) is 29.8 Å². The van der Waals surface area contributed by atoms with Crippen molar-refractivity contribution in [2.24, 2.45) is 11.8 Å². The van der Waals surface area contributed by atoms with E-state index < -0.39 is 16.1 Å². The molecule has 4 rings (SSSR count). The van der Waals surface area contributed by atoms with E-state index >= 15 is 0 Å². The Hall–Kier alpha value is -3.01. The van der Waals surface area contributed by atoms with Crippen molar-refractivity contribution in [3.63, 3.8) is 0 Å². The first-order valence-corrected chi connectivity index (χ1v) is 16.0. The third-order valence-electron chi connectivity index (χ3n) is 7.98. The lowest BCUT2D eigenvalue weighted by molar-refractivity contribution is 0.0138. The van der Waals surface area contributed by atoms with E-state index in [1.165, 1.54) is 6.07 Å². The van der Waals surface area contributed by atoms with Gasteiger partial charge in [-0.2, -0.15) is 0 Å². The second-order valence-electron chi connectivity index (χ2n) is 10.6.